The number of aryl methyl sites for hydroxylation is 1. The molecule has 0 radical (unpaired) electrons. The molecule has 0 saturated carbocycles. The maximum atomic E-state index is 11.4. The molecular formula is C15H19AsN2O8S. The largest absolute Gasteiger partial charge is 0.382 e. The van der Waals surface area contributed by atoms with Gasteiger partial charge in [-0.15, -0.1) is 0 Å². The van der Waals surface area contributed by atoms with E-state index in [4.69, 9.17) is 5.26 Å². The van der Waals surface area contributed by atoms with E-state index in [0.29, 0.717) is 5.75 Å². The van der Waals surface area contributed by atoms with Gasteiger partial charge in [-0.3, -0.25) is 4.98 Å². The number of para-hydroxylation sites is 1. The number of carbonyl (C=O) groups excluding carboxylic acids is 1. The fraction of sp³-hybridized carbons (Fsp3) is 0.200. The van der Waals surface area contributed by atoms with Gasteiger partial charge in [-0.05, 0) is 6.92 Å². The SMILES string of the molecule is CC(=O)Nc1ccccc1[As](=O)(O)OO.Cc1cc(OS(C)(=O)=O)ccn1. The summed E-state index contributed by atoms with van der Waals surface area (Å²) in [6, 6.07) is 8.89. The topological polar surface area (TPSA) is 152 Å². The Kier molecular flexibility index (Phi) is 8.19. The van der Waals surface area contributed by atoms with Gasteiger partial charge in [0.25, 0.3) is 0 Å². The molecule has 0 aliphatic rings. The fourth-order valence-corrected chi connectivity index (χ4v) is 3.93. The normalized spacial score (nSPS) is 12.9. The molecule has 2 aromatic rings. The summed E-state index contributed by atoms with van der Waals surface area (Å²) in [5.41, 5.74) is 0.875. The second kappa shape index (κ2) is 9.67. The molecule has 1 unspecified atom stereocenters. The Morgan fingerprint density at radius 2 is 1.89 bits per heavy atom. The van der Waals surface area contributed by atoms with E-state index in [2.05, 4.69) is 18.4 Å². The Bertz CT molecular complexity index is 948. The standard InChI is InChI=1S/C8H10AsNO5.C7H9NO3S/c1-6(11)10-8-5-3-2-4-7(8)9(12,13)15-14;1-6-5-7(3-4-8-6)11-12(2,9)10/h2-5,14H,1H3,(H,10,11)(H,12,13);3-5H,1-2H3. The van der Waals surface area contributed by atoms with E-state index in [-0.39, 0.29) is 15.9 Å². The third kappa shape index (κ3) is 8.37. The zero-order valence-corrected chi connectivity index (χ0v) is 17.4. The van der Waals surface area contributed by atoms with Crippen molar-refractivity contribution in [1.29, 1.82) is 0 Å². The van der Waals surface area contributed by atoms with Crippen LogP contribution in [0.2, 0.25) is 0 Å². The van der Waals surface area contributed by atoms with Crippen LogP contribution in [-0.4, -0.2) is 49.1 Å². The third-order valence-corrected chi connectivity index (χ3v) is 5.80. The van der Waals surface area contributed by atoms with Crippen LogP contribution in [0.4, 0.5) is 5.69 Å². The van der Waals surface area contributed by atoms with Gasteiger partial charge in [-0.25, -0.2) is 0 Å². The van der Waals surface area contributed by atoms with Crippen molar-refractivity contribution >= 4 is 40.2 Å². The minimum Gasteiger partial charge on any atom is -0.382 e. The van der Waals surface area contributed by atoms with Crippen molar-refractivity contribution in [2.24, 2.45) is 0 Å². The Labute approximate surface area is 159 Å². The summed E-state index contributed by atoms with van der Waals surface area (Å²) in [5.74, 6) is -0.0825. The summed E-state index contributed by atoms with van der Waals surface area (Å²) in [6.45, 7) is 3.03. The molecular weight excluding hydrogens is 443 g/mol. The summed E-state index contributed by atoms with van der Waals surface area (Å²) in [7, 11) is -3.42. The summed E-state index contributed by atoms with van der Waals surface area (Å²) in [5, 5.41) is 10.7. The van der Waals surface area contributed by atoms with Gasteiger partial charge < -0.3 is 4.18 Å². The van der Waals surface area contributed by atoms with Crippen LogP contribution in [0.3, 0.4) is 0 Å². The minimum atomic E-state index is -4.92. The molecule has 1 aromatic heterocycles. The van der Waals surface area contributed by atoms with Crippen molar-refractivity contribution in [2.75, 3.05) is 11.6 Å². The van der Waals surface area contributed by atoms with Crippen molar-refractivity contribution in [3.8, 4) is 5.75 Å². The zero-order valence-electron chi connectivity index (χ0n) is 14.7. The van der Waals surface area contributed by atoms with Gasteiger partial charge in [0.05, 0.1) is 6.26 Å². The number of anilines is 1. The number of benzene rings is 1. The average Bonchev–Trinajstić information content (AvgIpc) is 2.53. The van der Waals surface area contributed by atoms with Crippen LogP contribution in [-0.2, 0) is 22.5 Å². The van der Waals surface area contributed by atoms with E-state index in [9.17, 15) is 21.0 Å². The summed E-state index contributed by atoms with van der Waals surface area (Å²) < 4.78 is 50.1. The Morgan fingerprint density at radius 3 is 2.41 bits per heavy atom. The average molecular weight is 462 g/mol. The molecule has 1 amide bonds. The Hall–Kier alpha value is -2.17. The number of aromatic nitrogens is 1. The van der Waals surface area contributed by atoms with Crippen molar-refractivity contribution in [3.05, 3.63) is 48.3 Å². The zero-order chi connectivity index (χ0) is 20.7. The quantitative estimate of drug-likeness (QED) is 0.249. The summed E-state index contributed by atoms with van der Waals surface area (Å²) in [6.07, 6.45) is 2.50. The number of amides is 1. The van der Waals surface area contributed by atoms with Gasteiger partial charge in [-0.2, -0.15) is 8.42 Å². The van der Waals surface area contributed by atoms with E-state index < -0.39 is 24.3 Å². The van der Waals surface area contributed by atoms with E-state index in [1.54, 1.807) is 19.1 Å². The van der Waals surface area contributed by atoms with E-state index in [1.165, 1.54) is 37.4 Å². The first-order valence-corrected chi connectivity index (χ1v) is 12.4. The molecule has 1 aromatic carbocycles. The molecule has 27 heavy (non-hydrogen) atoms. The first-order chi connectivity index (χ1) is 12.4. The van der Waals surface area contributed by atoms with Crippen LogP contribution in [0, 0.1) is 6.92 Å². The van der Waals surface area contributed by atoms with Crippen molar-refractivity contribution in [2.45, 2.75) is 13.8 Å². The number of rotatable bonds is 5. The van der Waals surface area contributed by atoms with Gasteiger partial charge in [0.1, 0.15) is 5.75 Å². The maximum absolute atomic E-state index is 11.4. The number of nitrogens with one attached hydrogen (secondary N) is 1. The van der Waals surface area contributed by atoms with Crippen LogP contribution < -0.4 is 13.9 Å². The minimum absolute atomic E-state index is 0.103. The summed E-state index contributed by atoms with van der Waals surface area (Å²) >= 11 is -4.92. The van der Waals surface area contributed by atoms with Crippen LogP contribution in [0.5, 0.6) is 5.75 Å². The molecule has 1 atom stereocenters. The Balaban J connectivity index is 0.000000277. The van der Waals surface area contributed by atoms with Gasteiger partial charge in [0, 0.05) is 24.0 Å². The van der Waals surface area contributed by atoms with Crippen LogP contribution in [0.15, 0.2) is 42.6 Å². The molecule has 0 spiro atoms. The smallest absolute Gasteiger partial charge is 0.306 e. The van der Waals surface area contributed by atoms with Crippen molar-refractivity contribution in [3.63, 3.8) is 0 Å². The van der Waals surface area contributed by atoms with Gasteiger partial charge in [-0.1, -0.05) is 0 Å². The number of nitrogens with zero attached hydrogens (tertiary/aromatic N) is 1. The van der Waals surface area contributed by atoms with E-state index >= 15 is 0 Å². The number of carbonyl (C=O) groups is 1. The Morgan fingerprint density at radius 1 is 1.26 bits per heavy atom. The van der Waals surface area contributed by atoms with Gasteiger partial charge in [0.15, 0.2) is 0 Å². The van der Waals surface area contributed by atoms with Crippen molar-refractivity contribution < 1.29 is 34.4 Å². The van der Waals surface area contributed by atoms with Crippen molar-refractivity contribution in [1.82, 2.24) is 4.98 Å². The molecule has 0 fully saturated rings. The third-order valence-electron chi connectivity index (χ3n) is 2.75. The first kappa shape index (κ1) is 22.9. The van der Waals surface area contributed by atoms with Crippen LogP contribution >= 0.6 is 0 Å². The molecule has 0 saturated heterocycles. The van der Waals surface area contributed by atoms with Crippen LogP contribution in [0.25, 0.3) is 0 Å². The molecule has 1 heterocycles. The second-order valence-corrected chi connectivity index (χ2v) is 10.3. The van der Waals surface area contributed by atoms with E-state index in [1.807, 2.05) is 0 Å². The first-order valence-electron chi connectivity index (χ1n) is 7.30. The fourth-order valence-electron chi connectivity index (χ4n) is 1.81. The molecule has 10 nitrogen and oxygen atoms in total. The van der Waals surface area contributed by atoms with Gasteiger partial charge in [0.2, 0.25) is 0 Å². The molecule has 12 heteroatoms. The summed E-state index contributed by atoms with van der Waals surface area (Å²) in [4.78, 5) is 14.7. The van der Waals surface area contributed by atoms with Gasteiger partial charge >= 0.3 is 98.5 Å². The molecule has 2 rings (SSSR count). The maximum Gasteiger partial charge on any atom is 0.306 e. The second-order valence-electron chi connectivity index (χ2n) is 5.22. The number of hydrogen-bond donors (Lipinski definition) is 3. The predicted octanol–water partition coefficient (Wildman–Crippen LogP) is 0.432. The molecule has 0 aliphatic heterocycles. The van der Waals surface area contributed by atoms with E-state index in [0.717, 1.165) is 11.9 Å². The number of pyridine rings is 1. The predicted molar refractivity (Wildman–Crippen MR) is 97.2 cm³/mol. The molecule has 0 aliphatic carbocycles. The monoisotopic (exact) mass is 462 g/mol. The van der Waals surface area contributed by atoms with Crippen LogP contribution in [0.1, 0.15) is 12.6 Å². The number of hydrogen-bond acceptors (Lipinski definition) is 8. The molecule has 0 bridgehead atoms. The molecule has 148 valence electrons. The molecule has 3 N–H and O–H groups in total.